The predicted molar refractivity (Wildman–Crippen MR) is 70.8 cm³/mol. The highest BCUT2D eigenvalue weighted by Gasteiger charge is 2.46. The van der Waals surface area contributed by atoms with Gasteiger partial charge in [0.25, 0.3) is 0 Å². The van der Waals surface area contributed by atoms with Gasteiger partial charge in [0.15, 0.2) is 6.29 Å². The van der Waals surface area contributed by atoms with Crippen molar-refractivity contribution in [2.24, 2.45) is 0 Å². The van der Waals surface area contributed by atoms with Crippen molar-refractivity contribution < 1.29 is 55.4 Å². The summed E-state index contributed by atoms with van der Waals surface area (Å²) in [5, 5.41) is 84.9. The van der Waals surface area contributed by atoms with Crippen LogP contribution < -0.4 is 0 Å². The molecule has 9 N–H and O–H groups in total. The van der Waals surface area contributed by atoms with Crippen LogP contribution in [-0.2, 0) is 9.47 Å². The lowest BCUT2D eigenvalue weighted by Gasteiger charge is -2.42. The molecular weight excluding hydrogens is 320 g/mol. The van der Waals surface area contributed by atoms with Gasteiger partial charge in [-0.25, -0.2) is 0 Å². The molecule has 1 fully saturated rings. The minimum absolute atomic E-state index is 0.708. The first kappa shape index (κ1) is 20.6. The Morgan fingerprint density at radius 1 is 0.826 bits per heavy atom. The summed E-state index contributed by atoms with van der Waals surface area (Å²) >= 11 is 0. The van der Waals surface area contributed by atoms with E-state index < -0.39 is 74.9 Å². The Labute approximate surface area is 131 Å². The highest BCUT2D eigenvalue weighted by atomic mass is 16.7. The smallest absolute Gasteiger partial charge is 0.187 e. The van der Waals surface area contributed by atoms with E-state index in [0.717, 1.165) is 0 Å². The molecular formula is C12H24O11. The molecule has 1 saturated heterocycles. The van der Waals surface area contributed by atoms with Crippen LogP contribution in [0.1, 0.15) is 0 Å². The highest BCUT2D eigenvalue weighted by molar-refractivity contribution is 4.91. The molecule has 0 aromatic carbocycles. The molecule has 1 aliphatic heterocycles. The number of hydrogen-bond acceptors (Lipinski definition) is 11. The Morgan fingerprint density at radius 2 is 1.39 bits per heavy atom. The van der Waals surface area contributed by atoms with E-state index in [4.69, 9.17) is 24.8 Å². The monoisotopic (exact) mass is 344 g/mol. The van der Waals surface area contributed by atoms with Crippen molar-refractivity contribution in [3.05, 3.63) is 0 Å². The van der Waals surface area contributed by atoms with E-state index in [1.54, 1.807) is 0 Å². The average Bonchev–Trinajstić information content (AvgIpc) is 2.57. The summed E-state index contributed by atoms with van der Waals surface area (Å²) in [6.07, 6.45) is -15.1. The fraction of sp³-hybridized carbons (Fsp3) is 1.00. The number of rotatable bonds is 8. The molecule has 0 amide bonds. The average molecular weight is 344 g/mol. The lowest BCUT2D eigenvalue weighted by atomic mass is 9.98. The van der Waals surface area contributed by atoms with E-state index in [-0.39, 0.29) is 0 Å². The van der Waals surface area contributed by atoms with E-state index >= 15 is 0 Å². The molecule has 0 unspecified atom stereocenters. The lowest BCUT2D eigenvalue weighted by Crippen LogP contribution is -2.61. The van der Waals surface area contributed by atoms with Crippen molar-refractivity contribution in [2.75, 3.05) is 19.8 Å². The summed E-state index contributed by atoms with van der Waals surface area (Å²) in [7, 11) is 0. The van der Waals surface area contributed by atoms with E-state index in [1.807, 2.05) is 0 Å². The zero-order valence-electron chi connectivity index (χ0n) is 12.2. The van der Waals surface area contributed by atoms with Crippen LogP contribution in [0.3, 0.4) is 0 Å². The second kappa shape index (κ2) is 9.15. The van der Waals surface area contributed by atoms with Crippen molar-refractivity contribution in [3.63, 3.8) is 0 Å². The molecule has 1 rings (SSSR count). The van der Waals surface area contributed by atoms with Crippen molar-refractivity contribution in [1.29, 1.82) is 0 Å². The van der Waals surface area contributed by atoms with Crippen molar-refractivity contribution in [2.45, 2.75) is 55.1 Å². The van der Waals surface area contributed by atoms with Gasteiger partial charge in [-0.05, 0) is 0 Å². The van der Waals surface area contributed by atoms with Crippen LogP contribution in [0.15, 0.2) is 0 Å². The second-order valence-electron chi connectivity index (χ2n) is 5.29. The molecule has 9 atom stereocenters. The van der Waals surface area contributed by atoms with E-state index in [1.165, 1.54) is 0 Å². The van der Waals surface area contributed by atoms with Crippen LogP contribution >= 0.6 is 0 Å². The molecule has 11 nitrogen and oxygen atoms in total. The quantitative estimate of drug-likeness (QED) is 0.203. The zero-order valence-corrected chi connectivity index (χ0v) is 12.2. The molecule has 0 saturated carbocycles. The van der Waals surface area contributed by atoms with Gasteiger partial charge in [0.1, 0.15) is 48.8 Å². The normalized spacial score (nSPS) is 37.2. The Morgan fingerprint density at radius 3 is 1.87 bits per heavy atom. The summed E-state index contributed by atoms with van der Waals surface area (Å²) in [5.74, 6) is 0. The Kier molecular flexibility index (Phi) is 8.20. The van der Waals surface area contributed by atoms with Gasteiger partial charge in [-0.1, -0.05) is 0 Å². The van der Waals surface area contributed by atoms with Gasteiger partial charge in [0.2, 0.25) is 0 Å². The summed E-state index contributed by atoms with van der Waals surface area (Å²) < 4.78 is 10.1. The third-order valence-corrected chi connectivity index (χ3v) is 3.62. The maximum atomic E-state index is 9.83. The van der Waals surface area contributed by atoms with Gasteiger partial charge >= 0.3 is 0 Å². The number of ether oxygens (including phenoxy) is 2. The topological polar surface area (TPSA) is 201 Å². The molecule has 0 bridgehead atoms. The van der Waals surface area contributed by atoms with Gasteiger partial charge in [-0.2, -0.15) is 0 Å². The van der Waals surface area contributed by atoms with E-state index in [2.05, 4.69) is 0 Å². The molecule has 0 spiro atoms. The molecule has 23 heavy (non-hydrogen) atoms. The number of aliphatic hydroxyl groups excluding tert-OH is 9. The molecule has 0 aromatic heterocycles. The van der Waals surface area contributed by atoms with Crippen LogP contribution in [0.2, 0.25) is 0 Å². The van der Waals surface area contributed by atoms with Crippen molar-refractivity contribution in [3.8, 4) is 0 Å². The first-order valence-corrected chi connectivity index (χ1v) is 7.00. The Balaban J connectivity index is 2.89. The third-order valence-electron chi connectivity index (χ3n) is 3.62. The van der Waals surface area contributed by atoms with Crippen molar-refractivity contribution >= 4 is 0 Å². The molecule has 138 valence electrons. The number of hydrogen-bond donors (Lipinski definition) is 9. The zero-order chi connectivity index (χ0) is 17.7. The first-order valence-electron chi connectivity index (χ1n) is 7.00. The van der Waals surface area contributed by atoms with Gasteiger partial charge in [0.05, 0.1) is 19.8 Å². The summed E-state index contributed by atoms with van der Waals surface area (Å²) in [5.41, 5.74) is 0. The van der Waals surface area contributed by atoms with Crippen LogP contribution in [0.5, 0.6) is 0 Å². The van der Waals surface area contributed by atoms with Crippen LogP contribution in [0.4, 0.5) is 0 Å². The Hall–Kier alpha value is -0.440. The summed E-state index contributed by atoms with van der Waals surface area (Å²) in [6.45, 7) is -2.45. The van der Waals surface area contributed by atoms with Gasteiger partial charge in [0, 0.05) is 0 Å². The van der Waals surface area contributed by atoms with Crippen LogP contribution in [0.25, 0.3) is 0 Å². The fourth-order valence-corrected chi connectivity index (χ4v) is 2.16. The number of aliphatic hydroxyl groups is 9. The lowest BCUT2D eigenvalue weighted by molar-refractivity contribution is -0.327. The maximum absolute atomic E-state index is 9.83. The van der Waals surface area contributed by atoms with Gasteiger partial charge < -0.3 is 55.4 Å². The maximum Gasteiger partial charge on any atom is 0.187 e. The highest BCUT2D eigenvalue weighted by Crippen LogP contribution is 2.24. The van der Waals surface area contributed by atoms with Gasteiger partial charge in [-0.15, -0.1) is 0 Å². The molecule has 11 heteroatoms. The second-order valence-corrected chi connectivity index (χ2v) is 5.29. The molecule has 0 aliphatic carbocycles. The van der Waals surface area contributed by atoms with E-state index in [9.17, 15) is 30.6 Å². The predicted octanol–water partition coefficient (Wildman–Crippen LogP) is -5.76. The SMILES string of the molecule is OC[C@@H](O)[C@@H](O[C@@H]1O[C@@H](CO)[C@H](O)[C@@H](O)[C@@H]1O)[C@H](O)[C@@H](O)CO. The Bertz CT molecular complexity index is 341. The fourth-order valence-electron chi connectivity index (χ4n) is 2.16. The molecule has 1 heterocycles. The summed E-state index contributed by atoms with van der Waals surface area (Å²) in [4.78, 5) is 0. The largest absolute Gasteiger partial charge is 0.394 e. The molecule has 0 radical (unpaired) electrons. The first-order chi connectivity index (χ1) is 10.8. The minimum Gasteiger partial charge on any atom is -0.394 e. The summed E-state index contributed by atoms with van der Waals surface area (Å²) in [6, 6.07) is 0. The van der Waals surface area contributed by atoms with Crippen molar-refractivity contribution in [1.82, 2.24) is 0 Å². The van der Waals surface area contributed by atoms with E-state index in [0.29, 0.717) is 0 Å². The standard InChI is InChI=1S/C12H24O11/c13-1-4(16)7(18)11(5(17)2-14)23-12-10(21)9(20)8(19)6(3-15)22-12/h4-21H,1-3H2/t4-,5+,6-,7+,8-,9+,10-,11+,12-/m0/s1. The van der Waals surface area contributed by atoms with Crippen LogP contribution in [-0.4, -0.2) is 121 Å². The molecule has 0 aromatic rings. The molecule has 1 aliphatic rings. The van der Waals surface area contributed by atoms with Gasteiger partial charge in [-0.3, -0.25) is 0 Å². The third kappa shape index (κ3) is 4.78. The minimum atomic E-state index is -1.85. The van der Waals surface area contributed by atoms with Crippen LogP contribution in [0, 0.1) is 0 Å².